The number of aliphatic hydroxyl groups is 1. The van der Waals surface area contributed by atoms with Crippen molar-refractivity contribution < 1.29 is 14.6 Å². The molecule has 3 fully saturated rings. The molecule has 7 atom stereocenters. The Morgan fingerprint density at radius 3 is 2.45 bits per heavy atom. The molecule has 33 heavy (non-hydrogen) atoms. The molecule has 3 nitrogen and oxygen atoms in total. The van der Waals surface area contributed by atoms with Crippen LogP contribution in [0.1, 0.15) is 106 Å². The number of allylic oxidation sites excluding steroid dienone is 4. The standard InChI is InChI=1S/C30H46O3/c1-19(2)9-8-15-29(7)23-13-17-28(6)21-10-11-22-26(3,4)24(31)14-16-27(22,5)20(21)12-18-30(23,28)25(32)33-29/h10,12,19,22-24,31H,8-9,11,13-18H2,1-7H3/t22-,23+,24-,27+,28-,29-,30+/m0/s1. The first kappa shape index (κ1) is 23.6. The van der Waals surface area contributed by atoms with Gasteiger partial charge in [-0.05, 0) is 92.1 Å². The van der Waals surface area contributed by atoms with Gasteiger partial charge in [-0.25, -0.2) is 0 Å². The molecule has 1 aliphatic heterocycles. The molecule has 0 aromatic rings. The summed E-state index contributed by atoms with van der Waals surface area (Å²) in [4.78, 5) is 13.8. The topological polar surface area (TPSA) is 46.5 Å². The van der Waals surface area contributed by atoms with Crippen molar-refractivity contribution >= 4 is 5.97 Å². The van der Waals surface area contributed by atoms with Crippen LogP contribution < -0.4 is 0 Å². The van der Waals surface area contributed by atoms with Gasteiger partial charge in [0.15, 0.2) is 0 Å². The summed E-state index contributed by atoms with van der Waals surface area (Å²) in [5.41, 5.74) is 2.07. The molecule has 1 N–H and O–H groups in total. The molecule has 5 aliphatic rings. The van der Waals surface area contributed by atoms with Crippen molar-refractivity contribution in [1.82, 2.24) is 0 Å². The molecule has 0 aromatic carbocycles. The van der Waals surface area contributed by atoms with E-state index in [1.165, 1.54) is 17.6 Å². The van der Waals surface area contributed by atoms with Gasteiger partial charge < -0.3 is 9.84 Å². The molecule has 0 unspecified atom stereocenters. The number of hydrogen-bond donors (Lipinski definition) is 1. The summed E-state index contributed by atoms with van der Waals surface area (Å²) in [6.07, 6.45) is 13.9. The van der Waals surface area contributed by atoms with Crippen molar-refractivity contribution in [2.75, 3.05) is 0 Å². The van der Waals surface area contributed by atoms with Gasteiger partial charge in [-0.15, -0.1) is 0 Å². The maximum Gasteiger partial charge on any atom is 0.314 e. The molecule has 1 spiro atoms. The van der Waals surface area contributed by atoms with Crippen molar-refractivity contribution in [3.8, 4) is 0 Å². The van der Waals surface area contributed by atoms with E-state index < -0.39 is 5.41 Å². The summed E-state index contributed by atoms with van der Waals surface area (Å²) in [6, 6.07) is 0. The van der Waals surface area contributed by atoms with E-state index in [1.807, 2.05) is 0 Å². The first-order valence-corrected chi connectivity index (χ1v) is 13.7. The number of fused-ring (bicyclic) bond motifs is 4. The van der Waals surface area contributed by atoms with E-state index in [2.05, 4.69) is 60.6 Å². The average molecular weight is 455 g/mol. The highest BCUT2D eigenvalue weighted by molar-refractivity contribution is 5.84. The smallest absolute Gasteiger partial charge is 0.314 e. The minimum Gasteiger partial charge on any atom is -0.459 e. The van der Waals surface area contributed by atoms with Crippen LogP contribution >= 0.6 is 0 Å². The Kier molecular flexibility index (Phi) is 5.17. The Balaban J connectivity index is 1.53. The fourth-order valence-electron chi connectivity index (χ4n) is 9.47. The van der Waals surface area contributed by atoms with E-state index in [9.17, 15) is 9.90 Å². The highest BCUT2D eigenvalue weighted by Gasteiger charge is 2.74. The number of cyclic esters (lactones) is 1. The minimum atomic E-state index is -0.401. The Hall–Kier alpha value is -1.09. The zero-order chi connectivity index (χ0) is 24.0. The van der Waals surface area contributed by atoms with Gasteiger partial charge in [0.2, 0.25) is 0 Å². The van der Waals surface area contributed by atoms with Crippen LogP contribution in [-0.4, -0.2) is 22.8 Å². The van der Waals surface area contributed by atoms with Gasteiger partial charge in [-0.3, -0.25) is 4.79 Å². The van der Waals surface area contributed by atoms with Crippen LogP contribution in [0.15, 0.2) is 23.3 Å². The fourth-order valence-corrected chi connectivity index (χ4v) is 9.47. The normalized spacial score (nSPS) is 47.8. The molecule has 3 heteroatoms. The summed E-state index contributed by atoms with van der Waals surface area (Å²) < 4.78 is 6.35. The van der Waals surface area contributed by atoms with Crippen molar-refractivity contribution in [3.05, 3.63) is 23.3 Å². The van der Waals surface area contributed by atoms with Crippen LogP contribution in [0, 0.1) is 39.4 Å². The van der Waals surface area contributed by atoms with Crippen molar-refractivity contribution in [2.45, 2.75) is 118 Å². The maximum absolute atomic E-state index is 13.8. The lowest BCUT2D eigenvalue weighted by Gasteiger charge is -2.60. The summed E-state index contributed by atoms with van der Waals surface area (Å²) in [5, 5.41) is 10.8. The van der Waals surface area contributed by atoms with Gasteiger partial charge in [0.1, 0.15) is 5.60 Å². The second-order valence-electron chi connectivity index (χ2n) is 13.9. The highest BCUT2D eigenvalue weighted by Crippen LogP contribution is 2.74. The fraction of sp³-hybridized carbons (Fsp3) is 0.833. The lowest BCUT2D eigenvalue weighted by molar-refractivity contribution is -0.158. The van der Waals surface area contributed by atoms with Gasteiger partial charge >= 0.3 is 5.97 Å². The summed E-state index contributed by atoms with van der Waals surface area (Å²) in [5.74, 6) is 1.51. The number of carbonyl (C=O) groups is 1. The lowest BCUT2D eigenvalue weighted by atomic mass is 9.44. The third-order valence-corrected chi connectivity index (χ3v) is 11.5. The van der Waals surface area contributed by atoms with Gasteiger partial charge in [0.25, 0.3) is 0 Å². The quantitative estimate of drug-likeness (QED) is 0.465. The van der Waals surface area contributed by atoms with E-state index in [0.29, 0.717) is 17.8 Å². The van der Waals surface area contributed by atoms with Gasteiger partial charge in [-0.2, -0.15) is 0 Å². The first-order chi connectivity index (χ1) is 15.3. The predicted molar refractivity (Wildman–Crippen MR) is 132 cm³/mol. The Morgan fingerprint density at radius 1 is 1.03 bits per heavy atom. The third-order valence-electron chi connectivity index (χ3n) is 11.5. The van der Waals surface area contributed by atoms with Crippen LogP contribution in [0.2, 0.25) is 0 Å². The molecule has 0 aromatic heterocycles. The van der Waals surface area contributed by atoms with E-state index in [4.69, 9.17) is 4.74 Å². The molecule has 5 rings (SSSR count). The summed E-state index contributed by atoms with van der Waals surface area (Å²) in [7, 11) is 0. The molecule has 184 valence electrons. The second-order valence-corrected chi connectivity index (χ2v) is 13.9. The first-order valence-electron chi connectivity index (χ1n) is 13.7. The van der Waals surface area contributed by atoms with Crippen molar-refractivity contribution in [2.24, 2.45) is 39.4 Å². The maximum atomic E-state index is 13.8. The monoisotopic (exact) mass is 454 g/mol. The van der Waals surface area contributed by atoms with Gasteiger partial charge in [0, 0.05) is 11.3 Å². The molecule has 0 radical (unpaired) electrons. The number of carbonyl (C=O) groups excluding carboxylic acids is 1. The number of ether oxygens (including phenoxy) is 1. The molecule has 1 saturated heterocycles. The van der Waals surface area contributed by atoms with Gasteiger partial charge in [-0.1, -0.05) is 60.1 Å². The number of aliphatic hydroxyl groups excluding tert-OH is 1. The van der Waals surface area contributed by atoms with Crippen LogP contribution in [0.25, 0.3) is 0 Å². The molecule has 0 bridgehead atoms. The molecular formula is C30H46O3. The average Bonchev–Trinajstić information content (AvgIpc) is 3.16. The number of esters is 1. The van der Waals surface area contributed by atoms with E-state index in [0.717, 1.165) is 51.4 Å². The Morgan fingerprint density at radius 2 is 1.76 bits per heavy atom. The molecule has 4 aliphatic carbocycles. The summed E-state index contributed by atoms with van der Waals surface area (Å²) in [6.45, 7) is 16.1. The zero-order valence-electron chi connectivity index (χ0n) is 22.1. The third kappa shape index (κ3) is 2.87. The van der Waals surface area contributed by atoms with E-state index in [1.54, 1.807) is 0 Å². The van der Waals surface area contributed by atoms with Crippen LogP contribution in [0.3, 0.4) is 0 Å². The largest absolute Gasteiger partial charge is 0.459 e. The lowest BCUT2D eigenvalue weighted by Crippen LogP contribution is -2.55. The Bertz CT molecular complexity index is 912. The minimum absolute atomic E-state index is 0.0717. The molecule has 0 amide bonds. The van der Waals surface area contributed by atoms with E-state index >= 15 is 0 Å². The summed E-state index contributed by atoms with van der Waals surface area (Å²) >= 11 is 0. The van der Waals surface area contributed by atoms with Crippen LogP contribution in [0.4, 0.5) is 0 Å². The molecular weight excluding hydrogens is 408 g/mol. The Labute approximate surface area is 201 Å². The van der Waals surface area contributed by atoms with Crippen LogP contribution in [0.5, 0.6) is 0 Å². The molecule has 1 heterocycles. The predicted octanol–water partition coefficient (Wildman–Crippen LogP) is 6.99. The molecule has 2 saturated carbocycles. The van der Waals surface area contributed by atoms with E-state index in [-0.39, 0.29) is 33.9 Å². The highest BCUT2D eigenvalue weighted by atomic mass is 16.6. The van der Waals surface area contributed by atoms with Crippen LogP contribution in [-0.2, 0) is 9.53 Å². The SMILES string of the molecule is CC(C)CCC[C@]1(C)OC(=O)[C@]23CC=C4C(=CC[C@H]5C(C)(C)[C@@H](O)CC[C@]45C)[C@]2(C)CC[C@@H]31. The van der Waals surface area contributed by atoms with Crippen molar-refractivity contribution in [3.63, 3.8) is 0 Å². The zero-order valence-corrected chi connectivity index (χ0v) is 22.1. The second kappa shape index (κ2) is 7.21. The number of rotatable bonds is 4. The number of hydrogen-bond acceptors (Lipinski definition) is 3. The van der Waals surface area contributed by atoms with Crippen molar-refractivity contribution in [1.29, 1.82) is 0 Å². The van der Waals surface area contributed by atoms with Gasteiger partial charge in [0.05, 0.1) is 11.5 Å².